The molecule has 1 saturated carbocycles. The highest BCUT2D eigenvalue weighted by Gasteiger charge is 2.47. The molecule has 156 valence electrons. The van der Waals surface area contributed by atoms with Crippen molar-refractivity contribution in [1.82, 2.24) is 19.7 Å². The molecule has 1 amide bonds. The van der Waals surface area contributed by atoms with Crippen LogP contribution in [0.25, 0.3) is 0 Å². The third-order valence-corrected chi connectivity index (χ3v) is 5.48. The molecule has 2 heterocycles. The number of benzene rings is 1. The van der Waals surface area contributed by atoms with E-state index in [2.05, 4.69) is 5.10 Å². The van der Waals surface area contributed by atoms with Gasteiger partial charge in [0.05, 0.1) is 26.3 Å². The van der Waals surface area contributed by atoms with Crippen molar-refractivity contribution in [1.29, 1.82) is 0 Å². The molecule has 1 aliphatic carbocycles. The predicted molar refractivity (Wildman–Crippen MR) is 106 cm³/mol. The van der Waals surface area contributed by atoms with E-state index in [0.29, 0.717) is 13.2 Å². The lowest BCUT2D eigenvalue weighted by Gasteiger charge is -2.41. The Hall–Kier alpha value is -2.45. The van der Waals surface area contributed by atoms with E-state index in [-0.39, 0.29) is 30.7 Å². The molecule has 4 rings (SSSR count). The Morgan fingerprint density at radius 1 is 1.21 bits per heavy atom. The third-order valence-electron chi connectivity index (χ3n) is 5.48. The first kappa shape index (κ1) is 19.8. The minimum absolute atomic E-state index is 0.0308. The Morgan fingerprint density at radius 3 is 2.59 bits per heavy atom. The van der Waals surface area contributed by atoms with E-state index < -0.39 is 0 Å². The number of amides is 1. The summed E-state index contributed by atoms with van der Waals surface area (Å²) in [6.45, 7) is 3.21. The van der Waals surface area contributed by atoms with E-state index in [1.807, 2.05) is 40.8 Å². The number of carbonyl (C=O) groups excluding carboxylic acids is 1. The third kappa shape index (κ3) is 4.00. The first-order valence-electron chi connectivity index (χ1n) is 10.2. The average molecular weight is 400 g/mol. The van der Waals surface area contributed by atoms with Crippen LogP contribution in [-0.2, 0) is 27.2 Å². The summed E-state index contributed by atoms with van der Waals surface area (Å²) in [4.78, 5) is 19.6. The van der Waals surface area contributed by atoms with Crippen LogP contribution in [0.5, 0.6) is 5.75 Å². The molecule has 8 heteroatoms. The molecule has 0 radical (unpaired) electrons. The molecule has 29 heavy (non-hydrogen) atoms. The summed E-state index contributed by atoms with van der Waals surface area (Å²) in [5.74, 6) is 2.33. The quantitative estimate of drug-likeness (QED) is 0.677. The average Bonchev–Trinajstić information content (AvgIpc) is 3.51. The maximum absolute atomic E-state index is 12.8. The molecule has 1 aromatic carbocycles. The van der Waals surface area contributed by atoms with Crippen molar-refractivity contribution < 1.29 is 19.0 Å². The van der Waals surface area contributed by atoms with Gasteiger partial charge in [0.2, 0.25) is 5.91 Å². The second kappa shape index (κ2) is 8.51. The summed E-state index contributed by atoms with van der Waals surface area (Å²) >= 11 is 0. The van der Waals surface area contributed by atoms with E-state index in [9.17, 15) is 4.79 Å². The lowest BCUT2D eigenvalue weighted by molar-refractivity contribution is -0.160. The number of methoxy groups -OCH3 is 2. The van der Waals surface area contributed by atoms with Crippen LogP contribution in [0.2, 0.25) is 0 Å². The van der Waals surface area contributed by atoms with Crippen molar-refractivity contribution in [3.05, 3.63) is 41.5 Å². The van der Waals surface area contributed by atoms with Crippen LogP contribution >= 0.6 is 0 Å². The molecule has 0 bridgehead atoms. The van der Waals surface area contributed by atoms with Gasteiger partial charge in [0.15, 0.2) is 11.6 Å². The van der Waals surface area contributed by atoms with Gasteiger partial charge >= 0.3 is 0 Å². The Morgan fingerprint density at radius 2 is 1.97 bits per heavy atom. The zero-order valence-electron chi connectivity index (χ0n) is 17.2. The van der Waals surface area contributed by atoms with Crippen molar-refractivity contribution in [3.8, 4) is 5.75 Å². The number of morpholine rings is 1. The molecule has 0 unspecified atom stereocenters. The summed E-state index contributed by atoms with van der Waals surface area (Å²) in [5, 5.41) is 4.62. The van der Waals surface area contributed by atoms with Gasteiger partial charge in [0.1, 0.15) is 18.5 Å². The molecule has 2 fully saturated rings. The standard InChI is InChI=1S/C21H28N4O4/c1-4-17-22-21(24(23-17)11-12-27-2)20-19(14-5-9-16(28-3)10-6-14)25(15-7-8-15)18(26)13-29-20/h5-6,9-10,15,19-20H,4,7-8,11-13H2,1-3H3/t19-,20+/m1/s1. The SMILES string of the molecule is CCc1nc([C@H]2OCC(=O)N(C3CC3)[C@@H]2c2ccc(OC)cc2)n(CCOC)n1. The lowest BCUT2D eigenvalue weighted by atomic mass is 9.96. The Kier molecular flexibility index (Phi) is 5.82. The fraction of sp³-hybridized carbons (Fsp3) is 0.571. The van der Waals surface area contributed by atoms with E-state index >= 15 is 0 Å². The van der Waals surface area contributed by atoms with E-state index in [4.69, 9.17) is 19.2 Å². The topological polar surface area (TPSA) is 78.7 Å². The van der Waals surface area contributed by atoms with Crippen LogP contribution < -0.4 is 4.74 Å². The summed E-state index contributed by atoms with van der Waals surface area (Å²) in [6, 6.07) is 7.87. The highest BCUT2D eigenvalue weighted by atomic mass is 16.5. The number of carbonyl (C=O) groups is 1. The molecule has 1 aliphatic heterocycles. The van der Waals surface area contributed by atoms with Crippen LogP contribution in [0.3, 0.4) is 0 Å². The Balaban J connectivity index is 1.75. The highest BCUT2D eigenvalue weighted by molar-refractivity contribution is 5.79. The summed E-state index contributed by atoms with van der Waals surface area (Å²) in [6.07, 6.45) is 2.41. The highest BCUT2D eigenvalue weighted by Crippen LogP contribution is 2.45. The van der Waals surface area contributed by atoms with Crippen LogP contribution in [0.1, 0.15) is 49.1 Å². The summed E-state index contributed by atoms with van der Waals surface area (Å²) in [5.41, 5.74) is 1.01. The smallest absolute Gasteiger partial charge is 0.249 e. The van der Waals surface area contributed by atoms with Crippen molar-refractivity contribution in [3.63, 3.8) is 0 Å². The number of hydrogen-bond donors (Lipinski definition) is 0. The second-order valence-electron chi connectivity index (χ2n) is 7.44. The number of rotatable bonds is 8. The molecule has 2 aliphatic rings. The maximum atomic E-state index is 12.8. The van der Waals surface area contributed by atoms with Gasteiger partial charge in [-0.25, -0.2) is 9.67 Å². The zero-order valence-corrected chi connectivity index (χ0v) is 17.2. The Bertz CT molecular complexity index is 847. The Labute approximate surface area is 170 Å². The van der Waals surface area contributed by atoms with Gasteiger partial charge in [0.25, 0.3) is 0 Å². The number of aryl methyl sites for hydroxylation is 1. The van der Waals surface area contributed by atoms with Crippen LogP contribution in [0.15, 0.2) is 24.3 Å². The lowest BCUT2D eigenvalue weighted by Crippen LogP contribution is -2.47. The number of ether oxygens (including phenoxy) is 3. The summed E-state index contributed by atoms with van der Waals surface area (Å²) in [7, 11) is 3.31. The molecule has 1 saturated heterocycles. The maximum Gasteiger partial charge on any atom is 0.249 e. The minimum Gasteiger partial charge on any atom is -0.497 e. The van der Waals surface area contributed by atoms with Crippen molar-refractivity contribution in [2.24, 2.45) is 0 Å². The number of hydrogen-bond acceptors (Lipinski definition) is 6. The molecular weight excluding hydrogens is 372 g/mol. The molecule has 8 nitrogen and oxygen atoms in total. The van der Waals surface area contributed by atoms with Gasteiger partial charge in [-0.05, 0) is 30.5 Å². The van der Waals surface area contributed by atoms with Gasteiger partial charge in [-0.1, -0.05) is 19.1 Å². The van der Waals surface area contributed by atoms with Gasteiger partial charge in [-0.3, -0.25) is 4.79 Å². The summed E-state index contributed by atoms with van der Waals surface area (Å²) < 4.78 is 18.5. The van der Waals surface area contributed by atoms with Crippen molar-refractivity contribution in [2.75, 3.05) is 27.4 Å². The monoisotopic (exact) mass is 400 g/mol. The number of nitrogens with zero attached hydrogens (tertiary/aromatic N) is 4. The molecular formula is C21H28N4O4. The van der Waals surface area contributed by atoms with Gasteiger partial charge in [-0.2, -0.15) is 5.10 Å². The van der Waals surface area contributed by atoms with Crippen LogP contribution in [0.4, 0.5) is 0 Å². The van der Waals surface area contributed by atoms with Gasteiger partial charge < -0.3 is 19.1 Å². The predicted octanol–water partition coefficient (Wildman–Crippen LogP) is 2.30. The number of aromatic nitrogens is 3. The van der Waals surface area contributed by atoms with E-state index in [1.54, 1.807) is 14.2 Å². The first-order valence-corrected chi connectivity index (χ1v) is 10.2. The molecule has 2 atom stereocenters. The first-order chi connectivity index (χ1) is 14.2. The van der Waals surface area contributed by atoms with E-state index in [0.717, 1.165) is 42.2 Å². The normalized spacial score (nSPS) is 22.2. The molecule has 2 aromatic rings. The fourth-order valence-corrected chi connectivity index (χ4v) is 3.87. The molecule has 0 N–H and O–H groups in total. The van der Waals surface area contributed by atoms with Gasteiger partial charge in [0, 0.05) is 19.6 Å². The fourth-order valence-electron chi connectivity index (χ4n) is 3.87. The molecule has 1 aromatic heterocycles. The van der Waals surface area contributed by atoms with Crippen LogP contribution in [0, 0.1) is 0 Å². The van der Waals surface area contributed by atoms with Gasteiger partial charge in [-0.15, -0.1) is 0 Å². The zero-order chi connectivity index (χ0) is 20.4. The van der Waals surface area contributed by atoms with E-state index in [1.165, 1.54) is 0 Å². The van der Waals surface area contributed by atoms with Crippen LogP contribution in [-0.4, -0.2) is 59.0 Å². The molecule has 0 spiro atoms. The van der Waals surface area contributed by atoms with Crippen molar-refractivity contribution >= 4 is 5.91 Å². The minimum atomic E-state index is -0.383. The largest absolute Gasteiger partial charge is 0.497 e. The van der Waals surface area contributed by atoms with Crippen molar-refractivity contribution in [2.45, 2.75) is 50.9 Å². The second-order valence-corrected chi connectivity index (χ2v) is 7.44.